The first kappa shape index (κ1) is 15.1. The first-order chi connectivity index (χ1) is 8.69. The summed E-state index contributed by atoms with van der Waals surface area (Å²) >= 11 is 11.3. The van der Waals surface area contributed by atoms with E-state index < -0.39 is 0 Å². The van der Waals surface area contributed by atoms with Crippen molar-refractivity contribution in [3.05, 3.63) is 28.8 Å². The Hall–Kier alpha value is -0.970. The number of nitrogens with one attached hydrogen (secondary N) is 1. The van der Waals surface area contributed by atoms with E-state index in [1.54, 1.807) is 18.2 Å². The van der Waals surface area contributed by atoms with Gasteiger partial charge in [0, 0.05) is 17.4 Å². The van der Waals surface area contributed by atoms with E-state index in [1.165, 1.54) is 7.11 Å². The van der Waals surface area contributed by atoms with E-state index in [1.807, 2.05) is 0 Å². The zero-order valence-corrected chi connectivity index (χ0v) is 11.6. The average Bonchev–Trinajstić information content (AvgIpc) is 2.38. The molecule has 0 fully saturated rings. The van der Waals surface area contributed by atoms with Gasteiger partial charge >= 0.3 is 0 Å². The highest BCUT2D eigenvalue weighted by Crippen LogP contribution is 2.22. The van der Waals surface area contributed by atoms with Crippen molar-refractivity contribution < 1.29 is 14.3 Å². The second-order valence-electron chi connectivity index (χ2n) is 3.40. The molecular weight excluding hydrogens is 277 g/mol. The number of ether oxygens (including phenoxy) is 2. The largest absolute Gasteiger partial charge is 0.496 e. The Balaban J connectivity index is 2.51. The maximum Gasteiger partial charge on any atom is 0.255 e. The Kier molecular flexibility index (Phi) is 6.86. The van der Waals surface area contributed by atoms with Crippen LogP contribution in [0.4, 0.5) is 0 Å². The predicted molar refractivity (Wildman–Crippen MR) is 71.9 cm³/mol. The van der Waals surface area contributed by atoms with E-state index in [4.69, 9.17) is 32.7 Å². The lowest BCUT2D eigenvalue weighted by atomic mass is 10.2. The molecule has 0 aliphatic carbocycles. The van der Waals surface area contributed by atoms with E-state index in [0.717, 1.165) is 0 Å². The molecule has 0 saturated carbocycles. The zero-order chi connectivity index (χ0) is 13.4. The van der Waals surface area contributed by atoms with Crippen LogP contribution in [0.2, 0.25) is 5.02 Å². The van der Waals surface area contributed by atoms with Gasteiger partial charge in [-0.1, -0.05) is 11.6 Å². The van der Waals surface area contributed by atoms with Gasteiger partial charge in [-0.3, -0.25) is 4.79 Å². The fourth-order valence-corrected chi connectivity index (χ4v) is 1.61. The van der Waals surface area contributed by atoms with Crippen molar-refractivity contribution in [1.82, 2.24) is 5.32 Å². The van der Waals surface area contributed by atoms with Gasteiger partial charge < -0.3 is 14.8 Å². The fraction of sp³-hybridized carbons (Fsp3) is 0.417. The van der Waals surface area contributed by atoms with Crippen molar-refractivity contribution >= 4 is 29.1 Å². The Morgan fingerprint density at radius 3 is 2.83 bits per heavy atom. The Labute approximate surface area is 116 Å². The number of amides is 1. The summed E-state index contributed by atoms with van der Waals surface area (Å²) in [6.45, 7) is 1.32. The maximum absolute atomic E-state index is 11.9. The SMILES string of the molecule is COc1cc(Cl)ccc1C(=O)NCCOCCCl. The summed E-state index contributed by atoms with van der Waals surface area (Å²) in [5.41, 5.74) is 0.444. The van der Waals surface area contributed by atoms with Crippen LogP contribution in [0.25, 0.3) is 0 Å². The molecule has 0 atom stereocenters. The van der Waals surface area contributed by atoms with E-state index >= 15 is 0 Å². The van der Waals surface area contributed by atoms with E-state index in [9.17, 15) is 4.79 Å². The van der Waals surface area contributed by atoms with E-state index in [0.29, 0.717) is 42.0 Å². The smallest absolute Gasteiger partial charge is 0.255 e. The molecule has 4 nitrogen and oxygen atoms in total. The van der Waals surface area contributed by atoms with Gasteiger partial charge in [-0.15, -0.1) is 11.6 Å². The second-order valence-corrected chi connectivity index (χ2v) is 4.22. The van der Waals surface area contributed by atoms with Crippen LogP contribution in [0.5, 0.6) is 5.75 Å². The first-order valence-corrected chi connectivity index (χ1v) is 6.35. The third kappa shape index (κ3) is 4.72. The molecule has 0 aliphatic heterocycles. The lowest BCUT2D eigenvalue weighted by Crippen LogP contribution is -2.27. The van der Waals surface area contributed by atoms with Crippen molar-refractivity contribution in [3.63, 3.8) is 0 Å². The number of alkyl halides is 1. The van der Waals surface area contributed by atoms with Crippen molar-refractivity contribution in [1.29, 1.82) is 0 Å². The third-order valence-electron chi connectivity index (χ3n) is 2.16. The average molecular weight is 292 g/mol. The number of hydrogen-bond donors (Lipinski definition) is 1. The lowest BCUT2D eigenvalue weighted by molar-refractivity contribution is 0.0920. The van der Waals surface area contributed by atoms with Crippen LogP contribution in [0, 0.1) is 0 Å². The topological polar surface area (TPSA) is 47.6 Å². The first-order valence-electron chi connectivity index (χ1n) is 5.44. The maximum atomic E-state index is 11.9. The molecule has 0 radical (unpaired) electrons. The van der Waals surface area contributed by atoms with Crippen molar-refractivity contribution in [2.75, 3.05) is 32.7 Å². The Morgan fingerprint density at radius 2 is 2.17 bits per heavy atom. The summed E-state index contributed by atoms with van der Waals surface area (Å²) in [5, 5.41) is 3.24. The molecule has 0 heterocycles. The van der Waals surface area contributed by atoms with Gasteiger partial charge in [0.15, 0.2) is 0 Å². The van der Waals surface area contributed by atoms with Gasteiger partial charge in [-0.25, -0.2) is 0 Å². The van der Waals surface area contributed by atoms with Gasteiger partial charge in [0.2, 0.25) is 0 Å². The molecular formula is C12H15Cl2NO3. The summed E-state index contributed by atoms with van der Waals surface area (Å²) < 4.78 is 10.2. The molecule has 0 aliphatic rings. The molecule has 1 amide bonds. The highest BCUT2D eigenvalue weighted by atomic mass is 35.5. The van der Waals surface area contributed by atoms with Crippen LogP contribution in [0.1, 0.15) is 10.4 Å². The third-order valence-corrected chi connectivity index (χ3v) is 2.55. The van der Waals surface area contributed by atoms with Gasteiger partial charge in [-0.05, 0) is 18.2 Å². The van der Waals surface area contributed by atoms with Gasteiger partial charge in [0.1, 0.15) is 5.75 Å². The monoisotopic (exact) mass is 291 g/mol. The number of hydrogen-bond acceptors (Lipinski definition) is 3. The molecule has 1 rings (SSSR count). The van der Waals surface area contributed by atoms with Crippen LogP contribution >= 0.6 is 23.2 Å². The molecule has 1 aromatic carbocycles. The molecule has 1 N–H and O–H groups in total. The summed E-state index contributed by atoms with van der Waals surface area (Å²) in [6, 6.07) is 4.86. The minimum absolute atomic E-state index is 0.224. The molecule has 18 heavy (non-hydrogen) atoms. The minimum atomic E-state index is -0.224. The number of rotatable bonds is 7. The molecule has 0 saturated heterocycles. The molecule has 100 valence electrons. The van der Waals surface area contributed by atoms with Gasteiger partial charge in [-0.2, -0.15) is 0 Å². The van der Waals surface area contributed by atoms with Gasteiger partial charge in [0.05, 0.1) is 25.9 Å². The van der Waals surface area contributed by atoms with Crippen LogP contribution in [0.15, 0.2) is 18.2 Å². The Morgan fingerprint density at radius 1 is 1.39 bits per heavy atom. The number of halogens is 2. The lowest BCUT2D eigenvalue weighted by Gasteiger charge is -2.09. The van der Waals surface area contributed by atoms with E-state index in [-0.39, 0.29) is 5.91 Å². The zero-order valence-electron chi connectivity index (χ0n) is 10.0. The molecule has 0 unspecified atom stereocenters. The molecule has 6 heteroatoms. The summed E-state index contributed by atoms with van der Waals surface area (Å²) in [4.78, 5) is 11.9. The van der Waals surface area contributed by atoms with Crippen LogP contribution in [-0.2, 0) is 4.74 Å². The number of carbonyl (C=O) groups is 1. The second kappa shape index (κ2) is 8.19. The molecule has 1 aromatic rings. The van der Waals surface area contributed by atoms with Crippen LogP contribution in [-0.4, -0.2) is 38.7 Å². The van der Waals surface area contributed by atoms with E-state index in [2.05, 4.69) is 5.32 Å². The number of benzene rings is 1. The van der Waals surface area contributed by atoms with Crippen LogP contribution < -0.4 is 10.1 Å². The fourth-order valence-electron chi connectivity index (χ4n) is 1.34. The van der Waals surface area contributed by atoms with Crippen molar-refractivity contribution in [2.45, 2.75) is 0 Å². The summed E-state index contributed by atoms with van der Waals surface area (Å²) in [7, 11) is 1.49. The highest BCUT2D eigenvalue weighted by Gasteiger charge is 2.11. The summed E-state index contributed by atoms with van der Waals surface area (Å²) in [6.07, 6.45) is 0. The van der Waals surface area contributed by atoms with Crippen molar-refractivity contribution in [3.8, 4) is 5.75 Å². The number of carbonyl (C=O) groups excluding carboxylic acids is 1. The molecule has 0 aromatic heterocycles. The summed E-state index contributed by atoms with van der Waals surface area (Å²) in [5.74, 6) is 0.665. The standard InChI is InChI=1S/C12H15Cl2NO3/c1-17-11-8-9(14)2-3-10(11)12(16)15-5-7-18-6-4-13/h2-3,8H,4-7H2,1H3,(H,15,16). The highest BCUT2D eigenvalue weighted by molar-refractivity contribution is 6.30. The van der Waals surface area contributed by atoms with Crippen LogP contribution in [0.3, 0.4) is 0 Å². The predicted octanol–water partition coefficient (Wildman–Crippen LogP) is 2.33. The molecule has 0 spiro atoms. The minimum Gasteiger partial charge on any atom is -0.496 e. The number of methoxy groups -OCH3 is 1. The Bertz CT molecular complexity index is 399. The van der Waals surface area contributed by atoms with Gasteiger partial charge in [0.25, 0.3) is 5.91 Å². The quantitative estimate of drug-likeness (QED) is 0.620. The normalized spacial score (nSPS) is 10.2. The van der Waals surface area contributed by atoms with Crippen molar-refractivity contribution in [2.24, 2.45) is 0 Å². The molecule has 0 bridgehead atoms.